The van der Waals surface area contributed by atoms with Gasteiger partial charge in [-0.05, 0) is 37.1 Å². The van der Waals surface area contributed by atoms with Crippen molar-refractivity contribution in [2.45, 2.75) is 25.8 Å². The summed E-state index contributed by atoms with van der Waals surface area (Å²) in [5.41, 5.74) is 2.60. The van der Waals surface area contributed by atoms with Gasteiger partial charge in [0.05, 0.1) is 6.04 Å². The molecule has 1 aliphatic rings. The van der Waals surface area contributed by atoms with Crippen LogP contribution in [0.5, 0.6) is 0 Å². The van der Waals surface area contributed by atoms with E-state index in [1.165, 1.54) is 11.1 Å². The molecule has 18 heavy (non-hydrogen) atoms. The fraction of sp³-hybridized carbons (Fsp3) is 0.500. The monoisotopic (exact) mass is 310 g/mol. The summed E-state index contributed by atoms with van der Waals surface area (Å²) >= 11 is 3.57. The van der Waals surface area contributed by atoms with Crippen molar-refractivity contribution in [1.29, 1.82) is 0 Å². The molecule has 0 bridgehead atoms. The Labute approximate surface area is 116 Å². The molecule has 4 heteroatoms. The number of rotatable bonds is 4. The van der Waals surface area contributed by atoms with Crippen LogP contribution in [-0.2, 0) is 11.2 Å². The predicted molar refractivity (Wildman–Crippen MR) is 76.4 cm³/mol. The highest BCUT2D eigenvalue weighted by molar-refractivity contribution is 9.10. The quantitative estimate of drug-likeness (QED) is 0.896. The predicted octanol–water partition coefficient (Wildman–Crippen LogP) is 2.41. The van der Waals surface area contributed by atoms with Gasteiger partial charge in [-0.15, -0.1) is 0 Å². The molecule has 1 aromatic rings. The Morgan fingerprint density at radius 2 is 2.33 bits per heavy atom. The minimum absolute atomic E-state index is 0.00574. The number of carbonyl (C=O) groups excluding carboxylic acids is 1. The molecule has 0 spiro atoms. The molecule has 1 aromatic carbocycles. The third kappa shape index (κ3) is 2.75. The number of amides is 1. The van der Waals surface area contributed by atoms with Crippen LogP contribution in [0.25, 0.3) is 0 Å². The highest BCUT2D eigenvalue weighted by Gasteiger charge is 2.26. The topological polar surface area (TPSA) is 41.1 Å². The van der Waals surface area contributed by atoms with Crippen molar-refractivity contribution in [3.05, 3.63) is 33.8 Å². The van der Waals surface area contributed by atoms with E-state index in [-0.39, 0.29) is 17.9 Å². The second kappa shape index (κ2) is 5.85. The van der Waals surface area contributed by atoms with Gasteiger partial charge in [-0.3, -0.25) is 4.79 Å². The van der Waals surface area contributed by atoms with E-state index in [0.29, 0.717) is 6.54 Å². The van der Waals surface area contributed by atoms with Crippen LogP contribution in [-0.4, -0.2) is 19.5 Å². The van der Waals surface area contributed by atoms with E-state index in [1.807, 2.05) is 20.0 Å². The van der Waals surface area contributed by atoms with Crippen LogP contribution >= 0.6 is 15.9 Å². The first-order valence-electron chi connectivity index (χ1n) is 6.35. The molecule has 0 heterocycles. The molecule has 0 fully saturated rings. The Hall–Kier alpha value is -0.870. The molecule has 1 amide bonds. The zero-order chi connectivity index (χ0) is 13.1. The van der Waals surface area contributed by atoms with Gasteiger partial charge in [0, 0.05) is 16.9 Å². The average molecular weight is 311 g/mol. The Bertz CT molecular complexity index is 447. The highest BCUT2D eigenvalue weighted by Crippen LogP contribution is 2.35. The van der Waals surface area contributed by atoms with Crippen molar-refractivity contribution in [3.8, 4) is 0 Å². The number of nitrogens with one attached hydrogen (secondary N) is 2. The van der Waals surface area contributed by atoms with Gasteiger partial charge in [0.1, 0.15) is 0 Å². The fourth-order valence-corrected chi connectivity index (χ4v) is 3.05. The van der Waals surface area contributed by atoms with E-state index in [4.69, 9.17) is 0 Å². The lowest BCUT2D eigenvalue weighted by Crippen LogP contribution is -2.36. The summed E-state index contributed by atoms with van der Waals surface area (Å²) in [6.45, 7) is 2.66. The maximum absolute atomic E-state index is 12.0. The highest BCUT2D eigenvalue weighted by atomic mass is 79.9. The largest absolute Gasteiger partial charge is 0.349 e. The van der Waals surface area contributed by atoms with E-state index in [9.17, 15) is 4.79 Å². The van der Waals surface area contributed by atoms with E-state index < -0.39 is 0 Å². The van der Waals surface area contributed by atoms with E-state index in [1.54, 1.807) is 0 Å². The fourth-order valence-electron chi connectivity index (χ4n) is 2.47. The summed E-state index contributed by atoms with van der Waals surface area (Å²) in [4.78, 5) is 12.0. The van der Waals surface area contributed by atoms with Crippen LogP contribution in [0.2, 0.25) is 0 Å². The summed E-state index contributed by atoms with van der Waals surface area (Å²) < 4.78 is 1.15. The summed E-state index contributed by atoms with van der Waals surface area (Å²) in [5, 5.41) is 6.18. The van der Waals surface area contributed by atoms with Crippen molar-refractivity contribution < 1.29 is 4.79 Å². The van der Waals surface area contributed by atoms with Crippen molar-refractivity contribution in [1.82, 2.24) is 10.6 Å². The Morgan fingerprint density at radius 3 is 3.06 bits per heavy atom. The Kier molecular flexibility index (Phi) is 4.40. The van der Waals surface area contributed by atoms with Gasteiger partial charge in [-0.1, -0.05) is 35.0 Å². The van der Waals surface area contributed by atoms with Gasteiger partial charge in [0.2, 0.25) is 5.91 Å². The SMILES string of the molecule is CNCC(C)C(=O)NC1CCc2c(Br)cccc21. The summed E-state index contributed by atoms with van der Waals surface area (Å²) in [5.74, 6) is 0.133. The molecule has 3 nitrogen and oxygen atoms in total. The minimum atomic E-state index is 0.00574. The second-order valence-corrected chi connectivity index (χ2v) is 5.72. The lowest BCUT2D eigenvalue weighted by Gasteiger charge is -2.17. The minimum Gasteiger partial charge on any atom is -0.349 e. The van der Waals surface area contributed by atoms with Gasteiger partial charge < -0.3 is 10.6 Å². The number of halogens is 1. The molecule has 0 saturated carbocycles. The van der Waals surface area contributed by atoms with Gasteiger partial charge in [-0.2, -0.15) is 0 Å². The van der Waals surface area contributed by atoms with Crippen molar-refractivity contribution in [2.75, 3.05) is 13.6 Å². The normalized spacial score (nSPS) is 19.4. The molecular formula is C14H19BrN2O. The van der Waals surface area contributed by atoms with E-state index in [0.717, 1.165) is 17.3 Å². The number of hydrogen-bond donors (Lipinski definition) is 2. The molecule has 2 rings (SSSR count). The lowest BCUT2D eigenvalue weighted by atomic mass is 10.1. The zero-order valence-electron chi connectivity index (χ0n) is 10.8. The molecular weight excluding hydrogens is 292 g/mol. The molecule has 2 unspecified atom stereocenters. The summed E-state index contributed by atoms with van der Waals surface area (Å²) in [7, 11) is 1.87. The van der Waals surface area contributed by atoms with Crippen LogP contribution < -0.4 is 10.6 Å². The summed E-state index contributed by atoms with van der Waals surface area (Å²) in [6.07, 6.45) is 2.03. The average Bonchev–Trinajstić information content (AvgIpc) is 2.74. The second-order valence-electron chi connectivity index (χ2n) is 4.87. The molecule has 98 valence electrons. The van der Waals surface area contributed by atoms with Crippen LogP contribution in [0.15, 0.2) is 22.7 Å². The van der Waals surface area contributed by atoms with Crippen LogP contribution in [0.4, 0.5) is 0 Å². The first kappa shape index (κ1) is 13.6. The maximum Gasteiger partial charge on any atom is 0.224 e. The van der Waals surface area contributed by atoms with Gasteiger partial charge in [0.15, 0.2) is 0 Å². The Morgan fingerprint density at radius 1 is 1.56 bits per heavy atom. The lowest BCUT2D eigenvalue weighted by molar-refractivity contribution is -0.125. The molecule has 0 aromatic heterocycles. The van der Waals surface area contributed by atoms with Gasteiger partial charge >= 0.3 is 0 Å². The van der Waals surface area contributed by atoms with Gasteiger partial charge in [-0.25, -0.2) is 0 Å². The van der Waals surface area contributed by atoms with E-state index >= 15 is 0 Å². The third-order valence-electron chi connectivity index (χ3n) is 3.49. The molecule has 0 saturated heterocycles. The molecule has 2 N–H and O–H groups in total. The smallest absolute Gasteiger partial charge is 0.224 e. The maximum atomic E-state index is 12.0. The Balaban J connectivity index is 2.06. The number of hydrogen-bond acceptors (Lipinski definition) is 2. The number of fused-ring (bicyclic) bond motifs is 1. The van der Waals surface area contributed by atoms with Crippen LogP contribution in [0.3, 0.4) is 0 Å². The van der Waals surface area contributed by atoms with Crippen molar-refractivity contribution >= 4 is 21.8 Å². The number of carbonyl (C=O) groups is 1. The first-order chi connectivity index (χ1) is 8.63. The molecule has 2 atom stereocenters. The van der Waals surface area contributed by atoms with E-state index in [2.05, 4.69) is 38.7 Å². The number of benzene rings is 1. The molecule has 1 aliphatic carbocycles. The summed E-state index contributed by atoms with van der Waals surface area (Å²) in [6, 6.07) is 6.38. The first-order valence-corrected chi connectivity index (χ1v) is 7.15. The van der Waals surface area contributed by atoms with Crippen molar-refractivity contribution in [3.63, 3.8) is 0 Å². The van der Waals surface area contributed by atoms with Crippen LogP contribution in [0, 0.1) is 5.92 Å². The standard InChI is InChI=1S/C14H19BrN2O/c1-9(8-16-2)14(18)17-13-7-6-10-11(13)4-3-5-12(10)15/h3-5,9,13,16H,6-8H2,1-2H3,(H,17,18). The van der Waals surface area contributed by atoms with Gasteiger partial charge in [0.25, 0.3) is 0 Å². The molecule has 0 aliphatic heterocycles. The third-order valence-corrected chi connectivity index (χ3v) is 4.23. The molecule has 0 radical (unpaired) electrons. The van der Waals surface area contributed by atoms with Crippen LogP contribution in [0.1, 0.15) is 30.5 Å². The zero-order valence-corrected chi connectivity index (χ0v) is 12.4. The van der Waals surface area contributed by atoms with Crippen molar-refractivity contribution in [2.24, 2.45) is 5.92 Å².